The number of aromatic nitrogens is 2. The van der Waals surface area contributed by atoms with Crippen molar-refractivity contribution in [3.8, 4) is 0 Å². The van der Waals surface area contributed by atoms with Crippen LogP contribution in [-0.2, 0) is 5.54 Å². The topological polar surface area (TPSA) is 34.9 Å². The van der Waals surface area contributed by atoms with Gasteiger partial charge in [-0.15, -0.1) is 0 Å². The molecule has 0 aliphatic heterocycles. The van der Waals surface area contributed by atoms with Crippen LogP contribution in [0.5, 0.6) is 0 Å². The van der Waals surface area contributed by atoms with E-state index in [0.29, 0.717) is 4.90 Å². The van der Waals surface area contributed by atoms with Crippen molar-refractivity contribution < 1.29 is 0 Å². The predicted molar refractivity (Wildman–Crippen MR) is 73.8 cm³/mol. The van der Waals surface area contributed by atoms with E-state index in [1.807, 2.05) is 32.3 Å². The van der Waals surface area contributed by atoms with E-state index in [0.717, 1.165) is 6.42 Å². The molecule has 0 aromatic carbocycles. The van der Waals surface area contributed by atoms with Crippen molar-refractivity contribution in [1.29, 1.82) is 0 Å². The van der Waals surface area contributed by atoms with E-state index in [1.54, 1.807) is 6.20 Å². The summed E-state index contributed by atoms with van der Waals surface area (Å²) in [6.45, 7) is 7.80. The zero-order valence-corrected chi connectivity index (χ0v) is 12.1. The van der Waals surface area contributed by atoms with Crippen molar-refractivity contribution >= 4 is 23.4 Å². The molecule has 0 atom stereocenters. The molecule has 5 heteroatoms. The first-order valence-corrected chi connectivity index (χ1v) is 6.73. The van der Waals surface area contributed by atoms with Crippen LogP contribution in [0.2, 0.25) is 5.02 Å². The van der Waals surface area contributed by atoms with Crippen LogP contribution >= 0.6 is 23.4 Å². The van der Waals surface area contributed by atoms with E-state index in [9.17, 15) is 4.79 Å². The summed E-state index contributed by atoms with van der Waals surface area (Å²) in [4.78, 5) is 12.7. The van der Waals surface area contributed by atoms with Crippen molar-refractivity contribution in [1.82, 2.24) is 9.78 Å². The van der Waals surface area contributed by atoms with Gasteiger partial charge in [0.1, 0.15) is 5.02 Å². The highest BCUT2D eigenvalue weighted by Gasteiger charge is 2.19. The Bertz CT molecular complexity index is 474. The van der Waals surface area contributed by atoms with Crippen LogP contribution in [0.15, 0.2) is 27.4 Å². The summed E-state index contributed by atoms with van der Waals surface area (Å²) < 4.78 is 1.41. The van der Waals surface area contributed by atoms with Gasteiger partial charge in [-0.05, 0) is 32.6 Å². The molecular weight excluding hydrogens is 256 g/mol. The molecule has 1 rings (SSSR count). The number of allylic oxidation sites excluding steroid dienone is 1. The summed E-state index contributed by atoms with van der Waals surface area (Å²) in [5.74, 6) is 0. The normalized spacial score (nSPS) is 12.3. The Kier molecular flexibility index (Phi) is 4.83. The van der Waals surface area contributed by atoms with Crippen LogP contribution in [0.25, 0.3) is 0 Å². The van der Waals surface area contributed by atoms with Gasteiger partial charge in [0, 0.05) is 0 Å². The van der Waals surface area contributed by atoms with Crippen molar-refractivity contribution in [2.24, 2.45) is 0 Å². The minimum atomic E-state index is -0.358. The maximum Gasteiger partial charge on any atom is 0.287 e. The molecule has 0 amide bonds. The van der Waals surface area contributed by atoms with Gasteiger partial charge < -0.3 is 0 Å². The summed E-state index contributed by atoms with van der Waals surface area (Å²) in [6, 6.07) is 0. The van der Waals surface area contributed by atoms with Crippen LogP contribution in [0.4, 0.5) is 0 Å². The third-order valence-electron chi connectivity index (χ3n) is 2.05. The number of halogens is 1. The molecule has 0 bridgehead atoms. The smallest absolute Gasteiger partial charge is 0.266 e. The molecule has 0 N–H and O–H groups in total. The molecule has 0 radical (unpaired) electrons. The van der Waals surface area contributed by atoms with Crippen LogP contribution < -0.4 is 5.56 Å². The van der Waals surface area contributed by atoms with E-state index < -0.39 is 0 Å². The molecule has 1 heterocycles. The third-order valence-corrected chi connectivity index (χ3v) is 3.42. The van der Waals surface area contributed by atoms with Crippen LogP contribution in [0.3, 0.4) is 0 Å². The van der Waals surface area contributed by atoms with Gasteiger partial charge in [-0.3, -0.25) is 4.79 Å². The summed E-state index contributed by atoms with van der Waals surface area (Å²) >= 11 is 7.47. The van der Waals surface area contributed by atoms with Crippen LogP contribution in [0.1, 0.15) is 34.1 Å². The van der Waals surface area contributed by atoms with Crippen molar-refractivity contribution in [2.45, 2.75) is 44.6 Å². The Balaban J connectivity index is 3.12. The Morgan fingerprint density at radius 2 is 2.18 bits per heavy atom. The highest BCUT2D eigenvalue weighted by atomic mass is 35.5. The van der Waals surface area contributed by atoms with Gasteiger partial charge in [0.25, 0.3) is 5.56 Å². The molecule has 0 unspecified atom stereocenters. The van der Waals surface area contributed by atoms with E-state index in [2.05, 4.69) is 12.0 Å². The Morgan fingerprint density at radius 1 is 1.53 bits per heavy atom. The molecular formula is C12H17ClN2OS. The predicted octanol–water partition coefficient (Wildman–Crippen LogP) is 3.67. The van der Waals surface area contributed by atoms with Gasteiger partial charge in [-0.25, -0.2) is 4.68 Å². The second-order valence-electron chi connectivity index (χ2n) is 4.61. The van der Waals surface area contributed by atoms with Crippen LogP contribution in [-0.4, -0.2) is 9.78 Å². The lowest BCUT2D eigenvalue weighted by Gasteiger charge is -2.20. The molecule has 1 aromatic rings. The SMILES string of the molecule is CC/C=C/Sc1cnn(C(C)(C)C)c(=O)c1Cl. The van der Waals surface area contributed by atoms with Gasteiger partial charge in [0.15, 0.2) is 0 Å². The molecule has 0 aliphatic carbocycles. The third kappa shape index (κ3) is 3.61. The maximum absolute atomic E-state index is 12.0. The maximum atomic E-state index is 12.0. The van der Waals surface area contributed by atoms with Crippen molar-refractivity contribution in [3.63, 3.8) is 0 Å². The van der Waals surface area contributed by atoms with Gasteiger partial charge in [-0.2, -0.15) is 5.10 Å². The summed E-state index contributed by atoms with van der Waals surface area (Å²) in [5.41, 5.74) is -0.600. The highest BCUT2D eigenvalue weighted by Crippen LogP contribution is 2.25. The molecule has 1 aromatic heterocycles. The monoisotopic (exact) mass is 272 g/mol. The van der Waals surface area contributed by atoms with Crippen molar-refractivity contribution in [2.75, 3.05) is 0 Å². The zero-order chi connectivity index (χ0) is 13.1. The molecule has 17 heavy (non-hydrogen) atoms. The Labute approximate surface area is 111 Å². The molecule has 0 saturated heterocycles. The van der Waals surface area contributed by atoms with E-state index >= 15 is 0 Å². The average Bonchev–Trinajstić information content (AvgIpc) is 2.23. The number of hydrogen-bond acceptors (Lipinski definition) is 3. The van der Waals surface area contributed by atoms with E-state index in [4.69, 9.17) is 11.6 Å². The number of thioether (sulfide) groups is 1. The molecule has 0 aliphatic rings. The Hall–Kier alpha value is -0.740. The molecule has 3 nitrogen and oxygen atoms in total. The minimum absolute atomic E-state index is 0.237. The fraction of sp³-hybridized carbons (Fsp3) is 0.500. The molecule has 0 spiro atoms. The largest absolute Gasteiger partial charge is 0.287 e. The number of nitrogens with zero attached hydrogens (tertiary/aromatic N) is 2. The average molecular weight is 273 g/mol. The zero-order valence-electron chi connectivity index (χ0n) is 10.5. The van der Waals surface area contributed by atoms with E-state index in [1.165, 1.54) is 16.4 Å². The van der Waals surface area contributed by atoms with Crippen LogP contribution in [0, 0.1) is 0 Å². The molecule has 0 saturated carbocycles. The second-order valence-corrected chi connectivity index (χ2v) is 5.93. The first kappa shape index (κ1) is 14.3. The number of rotatable bonds is 3. The quantitative estimate of drug-likeness (QED) is 0.788. The minimum Gasteiger partial charge on any atom is -0.266 e. The summed E-state index contributed by atoms with van der Waals surface area (Å²) in [6.07, 6.45) is 4.60. The first-order chi connectivity index (χ1) is 7.88. The van der Waals surface area contributed by atoms with E-state index in [-0.39, 0.29) is 16.1 Å². The summed E-state index contributed by atoms with van der Waals surface area (Å²) in [7, 11) is 0. The Morgan fingerprint density at radius 3 is 2.71 bits per heavy atom. The summed E-state index contributed by atoms with van der Waals surface area (Å²) in [5, 5.41) is 6.31. The fourth-order valence-electron chi connectivity index (χ4n) is 1.20. The lowest BCUT2D eigenvalue weighted by Crippen LogP contribution is -2.36. The lowest BCUT2D eigenvalue weighted by molar-refractivity contribution is 0.336. The van der Waals surface area contributed by atoms with Gasteiger partial charge in [0.2, 0.25) is 0 Å². The first-order valence-electron chi connectivity index (χ1n) is 5.48. The van der Waals surface area contributed by atoms with Crippen molar-refractivity contribution in [3.05, 3.63) is 33.1 Å². The van der Waals surface area contributed by atoms with Gasteiger partial charge >= 0.3 is 0 Å². The van der Waals surface area contributed by atoms with Gasteiger partial charge in [-0.1, -0.05) is 36.4 Å². The fourth-order valence-corrected chi connectivity index (χ4v) is 2.19. The standard InChI is InChI=1S/C12H17ClN2OS/c1-5-6-7-17-9-8-14-15(12(2,3)4)11(16)10(9)13/h6-8H,5H2,1-4H3/b7-6+. The second kappa shape index (κ2) is 5.74. The molecule has 94 valence electrons. The lowest BCUT2D eigenvalue weighted by atomic mass is 10.1. The number of hydrogen-bond donors (Lipinski definition) is 0. The molecule has 0 fully saturated rings. The highest BCUT2D eigenvalue weighted by molar-refractivity contribution is 8.02. The van der Waals surface area contributed by atoms with Gasteiger partial charge in [0.05, 0.1) is 16.6 Å².